The molecule has 0 radical (unpaired) electrons. The van der Waals surface area contributed by atoms with Gasteiger partial charge in [-0.3, -0.25) is 9.59 Å². The maximum absolute atomic E-state index is 13.8. The fourth-order valence-electron chi connectivity index (χ4n) is 4.97. The molecule has 2 aliphatic rings. The Morgan fingerprint density at radius 1 is 0.667 bits per heavy atom. The van der Waals surface area contributed by atoms with E-state index in [2.05, 4.69) is 40.9 Å². The maximum atomic E-state index is 13.8. The average Bonchev–Trinajstić information content (AvgIpc) is 3.46. The van der Waals surface area contributed by atoms with Gasteiger partial charge in [-0.15, -0.1) is 0 Å². The van der Waals surface area contributed by atoms with Crippen LogP contribution in [0.3, 0.4) is 0 Å². The minimum atomic E-state index is -0.196. The first-order valence-electron chi connectivity index (χ1n) is 15.7. The molecule has 0 aromatic heterocycles. The van der Waals surface area contributed by atoms with E-state index < -0.39 is 0 Å². The van der Waals surface area contributed by atoms with Crippen LogP contribution < -0.4 is 9.47 Å². The molecule has 3 rings (SSSR count). The van der Waals surface area contributed by atoms with Crippen molar-refractivity contribution in [2.75, 3.05) is 26.3 Å². The zero-order valence-corrected chi connectivity index (χ0v) is 28.3. The molecule has 0 bridgehead atoms. The van der Waals surface area contributed by atoms with E-state index in [0.717, 1.165) is 99.2 Å². The molecule has 2 amide bonds. The van der Waals surface area contributed by atoms with Crippen LogP contribution in [0, 0.1) is 0 Å². The Morgan fingerprint density at radius 2 is 1.05 bits per heavy atom. The van der Waals surface area contributed by atoms with E-state index in [1.165, 1.54) is 23.5 Å². The van der Waals surface area contributed by atoms with Crippen LogP contribution in [0.1, 0.15) is 104 Å². The predicted molar refractivity (Wildman–Crippen MR) is 176 cm³/mol. The van der Waals surface area contributed by atoms with E-state index in [4.69, 9.17) is 9.47 Å². The quantitative estimate of drug-likeness (QED) is 0.0712. The van der Waals surface area contributed by atoms with Crippen LogP contribution in [0.2, 0.25) is 0 Å². The molecular weight excluding hydrogens is 565 g/mol. The van der Waals surface area contributed by atoms with Gasteiger partial charge < -0.3 is 9.47 Å². The Labute approximate surface area is 262 Å². The van der Waals surface area contributed by atoms with Crippen LogP contribution in [0.15, 0.2) is 43.9 Å². The van der Waals surface area contributed by atoms with E-state index >= 15 is 0 Å². The lowest BCUT2D eigenvalue weighted by Crippen LogP contribution is -2.42. The number of hydrazine groups is 1. The first-order chi connectivity index (χ1) is 20.2. The molecule has 2 aliphatic heterocycles. The lowest BCUT2D eigenvalue weighted by atomic mass is 9.94. The summed E-state index contributed by atoms with van der Waals surface area (Å²) in [5.41, 5.74) is 4.49. The number of thioether (sulfide) groups is 2. The second kappa shape index (κ2) is 16.5. The minimum absolute atomic E-state index is 0.196. The van der Waals surface area contributed by atoms with Gasteiger partial charge in [-0.1, -0.05) is 101 Å². The molecule has 42 heavy (non-hydrogen) atoms. The highest BCUT2D eigenvalue weighted by atomic mass is 32.2. The van der Waals surface area contributed by atoms with E-state index in [9.17, 15) is 9.59 Å². The Balaban J connectivity index is 2.23. The van der Waals surface area contributed by atoms with Crippen molar-refractivity contribution in [1.29, 1.82) is 0 Å². The molecule has 2 heterocycles. The van der Waals surface area contributed by atoms with Gasteiger partial charge in [-0.25, -0.2) is 10.0 Å². The molecule has 232 valence electrons. The molecule has 1 aromatic carbocycles. The van der Waals surface area contributed by atoms with Crippen LogP contribution >= 0.6 is 23.5 Å². The van der Waals surface area contributed by atoms with E-state index in [-0.39, 0.29) is 17.4 Å². The second-order valence-electron chi connectivity index (χ2n) is 11.4. The van der Waals surface area contributed by atoms with Gasteiger partial charge in [0.05, 0.1) is 27.2 Å². The highest BCUT2D eigenvalue weighted by Gasteiger charge is 2.45. The molecule has 0 spiro atoms. The molecule has 0 aliphatic carbocycles. The largest absolute Gasteiger partial charge is 0.492 e. The van der Waals surface area contributed by atoms with Gasteiger partial charge in [0.2, 0.25) is 0 Å². The molecule has 6 nitrogen and oxygen atoms in total. The van der Waals surface area contributed by atoms with Gasteiger partial charge in [0.1, 0.15) is 17.1 Å². The zero-order valence-electron chi connectivity index (χ0n) is 26.7. The predicted octanol–water partition coefficient (Wildman–Crippen LogP) is 8.88. The van der Waals surface area contributed by atoms with Crippen molar-refractivity contribution in [3.8, 4) is 11.5 Å². The summed E-state index contributed by atoms with van der Waals surface area (Å²) >= 11 is 2.98. The fourth-order valence-corrected chi connectivity index (χ4v) is 7.73. The summed E-state index contributed by atoms with van der Waals surface area (Å²) in [6.07, 6.45) is 8.85. The van der Waals surface area contributed by atoms with Crippen LogP contribution in [-0.2, 0) is 22.4 Å². The van der Waals surface area contributed by atoms with Gasteiger partial charge in [0.15, 0.2) is 0 Å². The monoisotopic (exact) mass is 614 g/mol. The first-order valence-corrected chi connectivity index (χ1v) is 17.3. The Bertz CT molecular complexity index is 1120. The number of fused-ring (bicyclic) bond motifs is 1. The molecule has 0 unspecified atom stereocenters. The Morgan fingerprint density at radius 3 is 1.38 bits per heavy atom. The first kappa shape index (κ1) is 34.2. The van der Waals surface area contributed by atoms with Crippen molar-refractivity contribution in [2.24, 2.45) is 0 Å². The molecule has 8 heteroatoms. The summed E-state index contributed by atoms with van der Waals surface area (Å²) in [4.78, 5) is 29.6. The third-order valence-corrected chi connectivity index (χ3v) is 9.80. The van der Waals surface area contributed by atoms with Crippen molar-refractivity contribution in [1.82, 2.24) is 10.0 Å². The second-order valence-corrected chi connectivity index (χ2v) is 13.7. The van der Waals surface area contributed by atoms with Crippen molar-refractivity contribution >= 4 is 35.3 Å². The molecule has 0 N–H and O–H groups in total. The van der Waals surface area contributed by atoms with Crippen molar-refractivity contribution in [3.63, 3.8) is 0 Å². The number of amides is 2. The summed E-state index contributed by atoms with van der Waals surface area (Å²) in [6, 6.07) is 0. The summed E-state index contributed by atoms with van der Waals surface area (Å²) in [5.74, 6) is 1.27. The Hall–Kier alpha value is -2.32. The number of carbonyl (C=O) groups excluding carboxylic acids is 2. The number of benzene rings is 1. The lowest BCUT2D eigenvalue weighted by Gasteiger charge is -2.27. The van der Waals surface area contributed by atoms with Crippen LogP contribution in [0.4, 0.5) is 0 Å². The van der Waals surface area contributed by atoms with E-state index in [0.29, 0.717) is 39.1 Å². The van der Waals surface area contributed by atoms with E-state index in [1.807, 2.05) is 13.8 Å². The van der Waals surface area contributed by atoms with Gasteiger partial charge in [-0.2, -0.15) is 0 Å². The topological polar surface area (TPSA) is 59.1 Å². The van der Waals surface area contributed by atoms with Crippen LogP contribution in [0.5, 0.6) is 11.5 Å². The molecule has 1 saturated heterocycles. The number of ether oxygens (including phenoxy) is 2. The molecule has 1 aromatic rings. The summed E-state index contributed by atoms with van der Waals surface area (Å²) < 4.78 is 13.8. The SMILES string of the molecule is C=C(C)Cc1c(CC(=C)C)c(OCCCC)c2c(c1OCCCC)SC(=C1C(=O)N(CCCC)N(CCCC)C1=O)S2. The third-order valence-electron chi connectivity index (χ3n) is 7.21. The third kappa shape index (κ3) is 7.98. The Kier molecular flexibility index (Phi) is 13.4. The summed E-state index contributed by atoms with van der Waals surface area (Å²) in [7, 11) is 0. The summed E-state index contributed by atoms with van der Waals surface area (Å²) in [6.45, 7) is 23.3. The smallest absolute Gasteiger partial charge is 0.279 e. The number of rotatable bonds is 18. The number of unbranched alkanes of at least 4 members (excludes halogenated alkanes) is 4. The molecular formula is C34H50N2O4S2. The molecule has 0 saturated carbocycles. The van der Waals surface area contributed by atoms with E-state index in [1.54, 1.807) is 10.0 Å². The number of nitrogens with zero attached hydrogens (tertiary/aromatic N) is 2. The van der Waals surface area contributed by atoms with Gasteiger partial charge in [0, 0.05) is 24.2 Å². The average molecular weight is 615 g/mol. The zero-order chi connectivity index (χ0) is 30.8. The van der Waals surface area contributed by atoms with Crippen molar-refractivity contribution < 1.29 is 19.1 Å². The van der Waals surface area contributed by atoms with Gasteiger partial charge in [0.25, 0.3) is 11.8 Å². The van der Waals surface area contributed by atoms with Gasteiger partial charge in [-0.05, 0) is 52.4 Å². The number of hydrogen-bond donors (Lipinski definition) is 0. The highest BCUT2D eigenvalue weighted by molar-refractivity contribution is 8.25. The maximum Gasteiger partial charge on any atom is 0.279 e. The normalized spacial score (nSPS) is 14.7. The summed E-state index contributed by atoms with van der Waals surface area (Å²) in [5, 5.41) is 3.34. The van der Waals surface area contributed by atoms with Crippen molar-refractivity contribution in [3.05, 3.63) is 45.2 Å². The fraction of sp³-hybridized carbons (Fsp3) is 0.588. The highest BCUT2D eigenvalue weighted by Crippen LogP contribution is 2.62. The molecule has 1 fully saturated rings. The molecule has 0 atom stereocenters. The minimum Gasteiger partial charge on any atom is -0.492 e. The number of allylic oxidation sites excluding steroid dienone is 2. The number of carbonyl (C=O) groups is 2. The number of hydrogen-bond acceptors (Lipinski definition) is 6. The lowest BCUT2D eigenvalue weighted by molar-refractivity contribution is -0.147. The standard InChI is InChI=1S/C34H50N2O4S2/c1-9-13-17-35-32(37)27(33(38)36(35)18-14-10-2)34-41-30-28(39-19-15-11-3)25(21-23(5)6)26(22-24(7)8)29(31(30)42-34)40-20-16-12-4/h5,7,9-22H2,1-4,6,8H3. The van der Waals surface area contributed by atoms with Crippen LogP contribution in [0.25, 0.3) is 0 Å². The van der Waals surface area contributed by atoms with Crippen LogP contribution in [-0.4, -0.2) is 48.1 Å². The van der Waals surface area contributed by atoms with Crippen molar-refractivity contribution in [2.45, 2.75) is 116 Å². The van der Waals surface area contributed by atoms with Gasteiger partial charge >= 0.3 is 0 Å².